The number of nitrogens with zero attached hydrogens (tertiary/aromatic N) is 3. The summed E-state index contributed by atoms with van der Waals surface area (Å²) in [5.74, 6) is -0.153. The molecule has 0 amide bonds. The molecule has 2 aliphatic heterocycles. The van der Waals surface area contributed by atoms with Crippen molar-refractivity contribution in [1.29, 1.82) is 0 Å². The molecule has 29 heavy (non-hydrogen) atoms. The Morgan fingerprint density at radius 2 is 1.86 bits per heavy atom. The molecule has 0 unspecified atom stereocenters. The summed E-state index contributed by atoms with van der Waals surface area (Å²) in [5.41, 5.74) is 3.97. The number of halogens is 1. The van der Waals surface area contributed by atoms with Crippen molar-refractivity contribution >= 4 is 9.84 Å². The minimum absolute atomic E-state index is 0.153. The Kier molecular flexibility index (Phi) is 4.33. The third-order valence-electron chi connectivity index (χ3n) is 6.15. The van der Waals surface area contributed by atoms with E-state index in [2.05, 4.69) is 10.00 Å². The summed E-state index contributed by atoms with van der Waals surface area (Å²) < 4.78 is 39.5. The average Bonchev–Trinajstić information content (AvgIpc) is 3.23. The highest BCUT2D eigenvalue weighted by atomic mass is 32.2. The van der Waals surface area contributed by atoms with Crippen molar-refractivity contribution in [2.75, 3.05) is 6.26 Å². The molecule has 0 saturated carbocycles. The molecule has 0 spiro atoms. The van der Waals surface area contributed by atoms with Crippen molar-refractivity contribution in [2.45, 2.75) is 42.8 Å². The van der Waals surface area contributed by atoms with Gasteiger partial charge in [0.1, 0.15) is 5.82 Å². The lowest BCUT2D eigenvalue weighted by atomic mass is 9.99. The molecular weight excluding hydrogens is 389 g/mol. The first-order valence-corrected chi connectivity index (χ1v) is 11.7. The molecular formula is C22H22FN3O2S. The molecule has 1 aromatic heterocycles. The summed E-state index contributed by atoms with van der Waals surface area (Å²) in [5, 5.41) is 4.60. The Morgan fingerprint density at radius 3 is 2.59 bits per heavy atom. The minimum atomic E-state index is -3.22. The van der Waals surface area contributed by atoms with E-state index in [4.69, 9.17) is 0 Å². The van der Waals surface area contributed by atoms with E-state index in [9.17, 15) is 12.8 Å². The quantitative estimate of drug-likeness (QED) is 0.657. The zero-order chi connectivity index (χ0) is 20.2. The largest absolute Gasteiger partial charge is 0.289 e. The van der Waals surface area contributed by atoms with Crippen molar-refractivity contribution in [3.05, 3.63) is 77.4 Å². The highest BCUT2D eigenvalue weighted by Crippen LogP contribution is 2.45. The standard InChI is InChI=1S/C22H22FN3O2S/c1-29(27,28)18-9-6-16(7-10-18)26-22-12-17-8-11-21(19(22)13-24-26)25(17)14-15-4-2-3-5-20(15)23/h2-7,9-10,13,17,21H,8,11-12,14H2,1H3/t17-,21-/m1/s1. The number of sulfone groups is 1. The van der Waals surface area contributed by atoms with Crippen molar-refractivity contribution in [3.63, 3.8) is 0 Å². The van der Waals surface area contributed by atoms with Crippen molar-refractivity contribution in [3.8, 4) is 5.69 Å². The van der Waals surface area contributed by atoms with E-state index in [1.165, 1.54) is 23.6 Å². The van der Waals surface area contributed by atoms with E-state index in [-0.39, 0.29) is 11.9 Å². The number of rotatable bonds is 4. The molecule has 2 bridgehead atoms. The van der Waals surface area contributed by atoms with Crippen LogP contribution in [0.4, 0.5) is 4.39 Å². The van der Waals surface area contributed by atoms with E-state index in [0.29, 0.717) is 17.5 Å². The van der Waals surface area contributed by atoms with Gasteiger partial charge >= 0.3 is 0 Å². The molecule has 0 radical (unpaired) electrons. The predicted molar refractivity (Wildman–Crippen MR) is 108 cm³/mol. The van der Waals surface area contributed by atoms with Crippen LogP contribution in [0.15, 0.2) is 59.6 Å². The lowest BCUT2D eigenvalue weighted by Gasteiger charge is -2.35. The number of aromatic nitrogens is 2. The van der Waals surface area contributed by atoms with Gasteiger partial charge in [-0.05, 0) is 43.2 Å². The SMILES string of the molecule is CS(=O)(=O)c1ccc(-n2ncc3c2C[C@H]2CC[C@H]3N2Cc2ccccc2F)cc1. The summed E-state index contributed by atoms with van der Waals surface area (Å²) in [4.78, 5) is 2.71. The number of benzene rings is 2. The maximum atomic E-state index is 14.2. The van der Waals surface area contributed by atoms with Gasteiger partial charge < -0.3 is 0 Å². The van der Waals surface area contributed by atoms with Gasteiger partial charge in [-0.2, -0.15) is 5.10 Å². The molecule has 2 atom stereocenters. The van der Waals surface area contributed by atoms with Crippen LogP contribution in [0.3, 0.4) is 0 Å². The fourth-order valence-electron chi connectivity index (χ4n) is 4.70. The third kappa shape index (κ3) is 3.18. The topological polar surface area (TPSA) is 55.2 Å². The molecule has 2 aliphatic rings. The number of hydrogen-bond donors (Lipinski definition) is 0. The monoisotopic (exact) mass is 411 g/mol. The van der Waals surface area contributed by atoms with Gasteiger partial charge in [-0.1, -0.05) is 18.2 Å². The van der Waals surface area contributed by atoms with Gasteiger partial charge in [-0.15, -0.1) is 0 Å². The minimum Gasteiger partial charge on any atom is -0.289 e. The highest BCUT2D eigenvalue weighted by molar-refractivity contribution is 7.90. The number of fused-ring (bicyclic) bond motifs is 4. The molecule has 3 heterocycles. The predicted octanol–water partition coefficient (Wildman–Crippen LogP) is 3.68. The molecule has 7 heteroatoms. The summed E-state index contributed by atoms with van der Waals surface area (Å²) in [7, 11) is -3.22. The summed E-state index contributed by atoms with van der Waals surface area (Å²) in [6.07, 6.45) is 6.11. The van der Waals surface area contributed by atoms with Crippen LogP contribution in [0.25, 0.3) is 5.69 Å². The second-order valence-electron chi connectivity index (χ2n) is 7.94. The summed E-state index contributed by atoms with van der Waals surface area (Å²) >= 11 is 0. The zero-order valence-electron chi connectivity index (χ0n) is 16.1. The van der Waals surface area contributed by atoms with Crippen LogP contribution in [-0.4, -0.2) is 35.4 Å². The van der Waals surface area contributed by atoms with E-state index in [1.54, 1.807) is 30.3 Å². The Labute approximate surface area is 169 Å². The summed E-state index contributed by atoms with van der Waals surface area (Å²) in [6.45, 7) is 0.607. The second kappa shape index (κ2) is 6.78. The Morgan fingerprint density at radius 1 is 1.10 bits per heavy atom. The van der Waals surface area contributed by atoms with Gasteiger partial charge in [0.25, 0.3) is 0 Å². The van der Waals surface area contributed by atoms with Crippen LogP contribution in [0.2, 0.25) is 0 Å². The lowest BCUT2D eigenvalue weighted by Crippen LogP contribution is -2.37. The third-order valence-corrected chi connectivity index (χ3v) is 7.28. The van der Waals surface area contributed by atoms with Crippen LogP contribution in [0.5, 0.6) is 0 Å². The van der Waals surface area contributed by atoms with Crippen LogP contribution in [0.1, 0.15) is 35.7 Å². The van der Waals surface area contributed by atoms with Gasteiger partial charge in [-0.3, -0.25) is 4.90 Å². The molecule has 3 aromatic rings. The van der Waals surface area contributed by atoms with E-state index in [0.717, 1.165) is 30.5 Å². The highest BCUT2D eigenvalue weighted by Gasteiger charge is 2.42. The van der Waals surface area contributed by atoms with Crippen LogP contribution >= 0.6 is 0 Å². The van der Waals surface area contributed by atoms with Crippen LogP contribution in [-0.2, 0) is 22.8 Å². The summed E-state index contributed by atoms with van der Waals surface area (Å²) in [6, 6.07) is 14.4. The maximum absolute atomic E-state index is 14.2. The first-order chi connectivity index (χ1) is 13.9. The van der Waals surface area contributed by atoms with E-state index >= 15 is 0 Å². The van der Waals surface area contributed by atoms with Gasteiger partial charge in [-0.25, -0.2) is 17.5 Å². The molecule has 5 nitrogen and oxygen atoms in total. The number of hydrogen-bond acceptors (Lipinski definition) is 4. The van der Waals surface area contributed by atoms with Gasteiger partial charge in [0, 0.05) is 42.4 Å². The molecule has 1 fully saturated rings. The molecule has 0 aliphatic carbocycles. The van der Waals surface area contributed by atoms with E-state index < -0.39 is 9.84 Å². The van der Waals surface area contributed by atoms with Crippen LogP contribution in [0, 0.1) is 5.82 Å². The molecule has 0 N–H and O–H groups in total. The first-order valence-electron chi connectivity index (χ1n) is 9.78. The van der Waals surface area contributed by atoms with Crippen molar-refractivity contribution in [2.24, 2.45) is 0 Å². The lowest BCUT2D eigenvalue weighted by molar-refractivity contribution is 0.165. The average molecular weight is 412 g/mol. The molecule has 150 valence electrons. The molecule has 1 saturated heterocycles. The zero-order valence-corrected chi connectivity index (χ0v) is 16.9. The van der Waals surface area contributed by atoms with Gasteiger partial charge in [0.2, 0.25) is 0 Å². The smallest absolute Gasteiger partial charge is 0.175 e. The van der Waals surface area contributed by atoms with Crippen LogP contribution < -0.4 is 0 Å². The fourth-order valence-corrected chi connectivity index (χ4v) is 5.33. The second-order valence-corrected chi connectivity index (χ2v) is 9.96. The molecule has 5 rings (SSSR count). The van der Waals surface area contributed by atoms with Gasteiger partial charge in [0.15, 0.2) is 9.84 Å². The van der Waals surface area contributed by atoms with Crippen molar-refractivity contribution < 1.29 is 12.8 Å². The fraction of sp³-hybridized carbons (Fsp3) is 0.318. The Hall–Kier alpha value is -2.51. The van der Waals surface area contributed by atoms with E-state index in [1.807, 2.05) is 23.0 Å². The normalized spacial score (nSPS) is 21.3. The Balaban J connectivity index is 1.46. The van der Waals surface area contributed by atoms with Gasteiger partial charge in [0.05, 0.1) is 22.5 Å². The maximum Gasteiger partial charge on any atom is 0.175 e. The molecule has 2 aromatic carbocycles. The Bertz CT molecular complexity index is 1170. The first kappa shape index (κ1) is 18.5. The van der Waals surface area contributed by atoms with Crippen molar-refractivity contribution in [1.82, 2.24) is 14.7 Å².